The maximum absolute atomic E-state index is 5.40. The van der Waals surface area contributed by atoms with Crippen LogP contribution in [-0.4, -0.2) is 29.5 Å². The number of aromatic nitrogens is 6. The number of hydrogen-bond donors (Lipinski definition) is 1. The van der Waals surface area contributed by atoms with Crippen LogP contribution in [0.25, 0.3) is 17.1 Å². The van der Waals surface area contributed by atoms with E-state index in [4.69, 9.17) is 12.2 Å². The van der Waals surface area contributed by atoms with Gasteiger partial charge in [0.1, 0.15) is 12.7 Å². The van der Waals surface area contributed by atoms with E-state index in [0.29, 0.717) is 11.3 Å². The minimum absolute atomic E-state index is 0.567. The molecular formula is C17H14N6S. The summed E-state index contributed by atoms with van der Waals surface area (Å²) in [4.78, 5) is 3.95. The molecule has 0 amide bonds. The molecule has 7 heteroatoms. The van der Waals surface area contributed by atoms with Crippen molar-refractivity contribution in [3.05, 3.63) is 77.6 Å². The summed E-state index contributed by atoms with van der Waals surface area (Å²) in [6.45, 7) is 0.683. The quantitative estimate of drug-likeness (QED) is 0.582. The number of benzene rings is 2. The fraction of sp³-hybridized carbons (Fsp3) is 0.0588. The van der Waals surface area contributed by atoms with Crippen molar-refractivity contribution in [3.63, 3.8) is 0 Å². The lowest BCUT2D eigenvalue weighted by Crippen LogP contribution is -2.01. The Hall–Kier alpha value is -3.06. The van der Waals surface area contributed by atoms with E-state index in [2.05, 4.69) is 32.4 Å². The van der Waals surface area contributed by atoms with Gasteiger partial charge in [-0.25, -0.2) is 9.67 Å². The van der Waals surface area contributed by atoms with E-state index in [0.717, 1.165) is 22.6 Å². The highest BCUT2D eigenvalue weighted by atomic mass is 32.1. The zero-order chi connectivity index (χ0) is 16.4. The maximum Gasteiger partial charge on any atom is 0.200 e. The predicted octanol–water partition coefficient (Wildman–Crippen LogP) is 3.24. The van der Waals surface area contributed by atoms with Gasteiger partial charge in [-0.05, 0) is 29.9 Å². The summed E-state index contributed by atoms with van der Waals surface area (Å²) in [5, 5.41) is 11.4. The molecule has 24 heavy (non-hydrogen) atoms. The van der Waals surface area contributed by atoms with E-state index >= 15 is 0 Å². The van der Waals surface area contributed by atoms with Gasteiger partial charge >= 0.3 is 0 Å². The summed E-state index contributed by atoms with van der Waals surface area (Å²) in [7, 11) is 0. The average molecular weight is 334 g/mol. The summed E-state index contributed by atoms with van der Waals surface area (Å²) in [5.74, 6) is 0.796. The van der Waals surface area contributed by atoms with Gasteiger partial charge in [0.05, 0.1) is 6.54 Å². The van der Waals surface area contributed by atoms with Crippen LogP contribution in [0.5, 0.6) is 0 Å². The summed E-state index contributed by atoms with van der Waals surface area (Å²) in [6, 6.07) is 18.2. The standard InChI is InChI=1S/C17H14N6S/c24-17-21-20-16(14-4-2-1-3-5-14)23(17)15-8-6-13(7-9-15)10-22-12-18-11-19-22/h1-9,11-12H,10H2,(H,21,24). The van der Waals surface area contributed by atoms with E-state index in [1.807, 2.05) is 47.0 Å². The SMILES string of the molecule is S=c1[nH]nc(-c2ccccc2)n1-c1ccc(Cn2cncn2)cc1. The fourth-order valence-electron chi connectivity index (χ4n) is 2.57. The molecule has 2 heterocycles. The molecule has 1 N–H and O–H groups in total. The summed E-state index contributed by atoms with van der Waals surface area (Å²) in [5.41, 5.74) is 3.12. The smallest absolute Gasteiger partial charge is 0.200 e. The Kier molecular flexibility index (Phi) is 3.76. The van der Waals surface area contributed by atoms with E-state index < -0.39 is 0 Å². The number of aromatic amines is 1. The van der Waals surface area contributed by atoms with Crippen molar-refractivity contribution in [2.45, 2.75) is 6.54 Å². The van der Waals surface area contributed by atoms with Gasteiger partial charge in [-0.1, -0.05) is 42.5 Å². The number of nitrogens with one attached hydrogen (secondary N) is 1. The Morgan fingerprint density at radius 1 is 1.00 bits per heavy atom. The van der Waals surface area contributed by atoms with E-state index in [1.165, 1.54) is 6.33 Å². The first-order valence-corrected chi connectivity index (χ1v) is 7.87. The lowest BCUT2D eigenvalue weighted by atomic mass is 10.2. The van der Waals surface area contributed by atoms with Crippen LogP contribution in [0.15, 0.2) is 67.3 Å². The zero-order valence-electron chi connectivity index (χ0n) is 12.7. The van der Waals surface area contributed by atoms with Crippen LogP contribution in [-0.2, 0) is 6.54 Å². The molecule has 4 rings (SSSR count). The van der Waals surface area contributed by atoms with Gasteiger partial charge in [0.25, 0.3) is 0 Å². The Morgan fingerprint density at radius 3 is 2.50 bits per heavy atom. The third-order valence-corrected chi connectivity index (χ3v) is 3.98. The van der Waals surface area contributed by atoms with Crippen molar-refractivity contribution in [3.8, 4) is 17.1 Å². The van der Waals surface area contributed by atoms with Crippen LogP contribution >= 0.6 is 12.2 Å². The molecule has 0 radical (unpaired) electrons. The molecule has 0 spiro atoms. The van der Waals surface area contributed by atoms with Gasteiger partial charge in [0, 0.05) is 11.3 Å². The summed E-state index contributed by atoms with van der Waals surface area (Å²) < 4.78 is 4.29. The molecule has 6 nitrogen and oxygen atoms in total. The molecule has 0 bridgehead atoms. The molecule has 2 aromatic carbocycles. The summed E-state index contributed by atoms with van der Waals surface area (Å²) in [6.07, 6.45) is 3.24. The first-order chi connectivity index (χ1) is 11.8. The molecule has 0 unspecified atom stereocenters. The van der Waals surface area contributed by atoms with Crippen molar-refractivity contribution in [2.75, 3.05) is 0 Å². The van der Waals surface area contributed by atoms with Gasteiger partial charge in [0.2, 0.25) is 0 Å². The summed E-state index contributed by atoms with van der Waals surface area (Å²) >= 11 is 5.40. The maximum atomic E-state index is 5.40. The lowest BCUT2D eigenvalue weighted by Gasteiger charge is -2.08. The van der Waals surface area contributed by atoms with Crippen molar-refractivity contribution < 1.29 is 0 Å². The Balaban J connectivity index is 1.69. The first kappa shape index (κ1) is 14.5. The van der Waals surface area contributed by atoms with Crippen LogP contribution in [0, 0.1) is 4.77 Å². The molecule has 2 aromatic heterocycles. The second-order valence-corrected chi connectivity index (χ2v) is 5.70. The highest BCUT2D eigenvalue weighted by Gasteiger charge is 2.10. The Labute approximate surface area is 143 Å². The lowest BCUT2D eigenvalue weighted by molar-refractivity contribution is 0.685. The Morgan fingerprint density at radius 2 is 1.79 bits per heavy atom. The van der Waals surface area contributed by atoms with E-state index in [9.17, 15) is 0 Å². The minimum Gasteiger partial charge on any atom is -0.268 e. The minimum atomic E-state index is 0.567. The van der Waals surface area contributed by atoms with E-state index in [-0.39, 0.29) is 0 Å². The number of H-pyrrole nitrogens is 1. The third kappa shape index (κ3) is 2.77. The molecule has 0 saturated heterocycles. The largest absolute Gasteiger partial charge is 0.268 e. The number of rotatable bonds is 4. The second kappa shape index (κ2) is 6.21. The van der Waals surface area contributed by atoms with Gasteiger partial charge in [-0.2, -0.15) is 10.2 Å². The topological polar surface area (TPSA) is 64.3 Å². The number of nitrogens with zero attached hydrogens (tertiary/aromatic N) is 5. The first-order valence-electron chi connectivity index (χ1n) is 7.46. The van der Waals surface area contributed by atoms with Gasteiger partial charge in [0.15, 0.2) is 10.6 Å². The van der Waals surface area contributed by atoms with Crippen molar-refractivity contribution in [2.24, 2.45) is 0 Å². The van der Waals surface area contributed by atoms with E-state index in [1.54, 1.807) is 11.0 Å². The molecule has 0 aliphatic carbocycles. The molecule has 4 aromatic rings. The third-order valence-electron chi connectivity index (χ3n) is 3.71. The van der Waals surface area contributed by atoms with Gasteiger partial charge in [-0.15, -0.1) is 0 Å². The van der Waals surface area contributed by atoms with Crippen LogP contribution in [0.3, 0.4) is 0 Å². The molecule has 0 fully saturated rings. The van der Waals surface area contributed by atoms with Crippen molar-refractivity contribution in [1.82, 2.24) is 29.5 Å². The van der Waals surface area contributed by atoms with Crippen LogP contribution < -0.4 is 0 Å². The molecule has 0 aliphatic heterocycles. The van der Waals surface area contributed by atoms with Crippen molar-refractivity contribution in [1.29, 1.82) is 0 Å². The Bertz CT molecular complexity index is 984. The van der Waals surface area contributed by atoms with Gasteiger partial charge in [-0.3, -0.25) is 9.67 Å². The highest BCUT2D eigenvalue weighted by molar-refractivity contribution is 7.71. The molecular weight excluding hydrogens is 320 g/mol. The number of hydrogen-bond acceptors (Lipinski definition) is 4. The highest BCUT2D eigenvalue weighted by Crippen LogP contribution is 2.21. The van der Waals surface area contributed by atoms with Crippen LogP contribution in [0.4, 0.5) is 0 Å². The van der Waals surface area contributed by atoms with Crippen molar-refractivity contribution >= 4 is 12.2 Å². The monoisotopic (exact) mass is 334 g/mol. The predicted molar refractivity (Wildman–Crippen MR) is 93.3 cm³/mol. The molecule has 118 valence electrons. The van der Waals surface area contributed by atoms with Gasteiger partial charge < -0.3 is 0 Å². The average Bonchev–Trinajstić information content (AvgIpc) is 3.26. The fourth-order valence-corrected chi connectivity index (χ4v) is 2.81. The molecule has 0 saturated carbocycles. The molecule has 0 atom stereocenters. The zero-order valence-corrected chi connectivity index (χ0v) is 13.5. The molecule has 0 aliphatic rings. The second-order valence-electron chi connectivity index (χ2n) is 5.31. The normalized spacial score (nSPS) is 10.8. The van der Waals surface area contributed by atoms with Crippen LogP contribution in [0.2, 0.25) is 0 Å². The van der Waals surface area contributed by atoms with Crippen LogP contribution in [0.1, 0.15) is 5.56 Å².